The van der Waals surface area contributed by atoms with Crippen molar-refractivity contribution in [3.63, 3.8) is 0 Å². The zero-order valence-electron chi connectivity index (χ0n) is 13.7. The molecule has 1 aromatic carbocycles. The summed E-state index contributed by atoms with van der Waals surface area (Å²) in [5, 5.41) is 2.44. The van der Waals surface area contributed by atoms with Gasteiger partial charge in [-0.25, -0.2) is 8.96 Å². The second kappa shape index (κ2) is 6.27. The highest BCUT2D eigenvalue weighted by molar-refractivity contribution is 7.90. The Kier molecular flexibility index (Phi) is 4.19. The molecule has 4 rings (SSSR count). The molecule has 136 valence electrons. The number of benzene rings is 1. The van der Waals surface area contributed by atoms with E-state index in [0.29, 0.717) is 29.2 Å². The van der Waals surface area contributed by atoms with E-state index >= 15 is 0 Å². The minimum absolute atomic E-state index is 0.0485. The lowest BCUT2D eigenvalue weighted by Crippen LogP contribution is -2.14. The predicted octanol–water partition coefficient (Wildman–Crippen LogP) is 2.75. The highest BCUT2D eigenvalue weighted by atomic mass is 35.5. The number of nitrogens with zero attached hydrogens (tertiary/aromatic N) is 3. The van der Waals surface area contributed by atoms with Gasteiger partial charge in [-0.05, 0) is 36.7 Å². The second-order valence-electron chi connectivity index (χ2n) is 5.64. The van der Waals surface area contributed by atoms with Crippen molar-refractivity contribution in [1.29, 1.82) is 0 Å². The van der Waals surface area contributed by atoms with Gasteiger partial charge in [-0.2, -0.15) is 8.42 Å². The quantitative estimate of drug-likeness (QED) is 0.546. The van der Waals surface area contributed by atoms with Crippen molar-refractivity contribution < 1.29 is 13.2 Å². The van der Waals surface area contributed by atoms with Crippen molar-refractivity contribution in [2.75, 3.05) is 13.7 Å². The Balaban J connectivity index is 2.01. The lowest BCUT2D eigenvalue weighted by Gasteiger charge is -2.07. The predicted molar refractivity (Wildman–Crippen MR) is 102 cm³/mol. The molecule has 7 nitrogen and oxygen atoms in total. The van der Waals surface area contributed by atoms with Gasteiger partial charge in [-0.3, -0.25) is 4.40 Å². The van der Waals surface area contributed by atoms with Crippen molar-refractivity contribution in [2.24, 2.45) is 5.73 Å². The summed E-state index contributed by atoms with van der Waals surface area (Å²) in [6, 6.07) is 5.24. The second-order valence-corrected chi connectivity index (χ2v) is 8.60. The number of nitrogens with two attached hydrogens (primary N) is 1. The van der Waals surface area contributed by atoms with E-state index in [4.69, 9.17) is 22.1 Å². The first-order valence-corrected chi connectivity index (χ1v) is 10.4. The van der Waals surface area contributed by atoms with E-state index in [2.05, 4.69) is 4.98 Å². The van der Waals surface area contributed by atoms with E-state index in [-0.39, 0.29) is 10.2 Å². The van der Waals surface area contributed by atoms with Crippen LogP contribution in [0.2, 0.25) is 5.15 Å². The number of rotatable bonds is 5. The Morgan fingerprint density at radius 3 is 2.92 bits per heavy atom. The van der Waals surface area contributed by atoms with E-state index < -0.39 is 10.0 Å². The number of hydrogen-bond acceptors (Lipinski definition) is 6. The summed E-state index contributed by atoms with van der Waals surface area (Å²) in [6.45, 7) is 0.401. The van der Waals surface area contributed by atoms with Crippen LogP contribution in [0.3, 0.4) is 0 Å². The third-order valence-corrected chi connectivity index (χ3v) is 6.99. The van der Waals surface area contributed by atoms with Crippen molar-refractivity contribution in [2.45, 2.75) is 11.4 Å². The van der Waals surface area contributed by atoms with Gasteiger partial charge in [0.2, 0.25) is 5.03 Å². The van der Waals surface area contributed by atoms with Crippen LogP contribution in [0.5, 0.6) is 5.75 Å². The first-order chi connectivity index (χ1) is 12.5. The minimum Gasteiger partial charge on any atom is -0.497 e. The number of hydrogen-bond donors (Lipinski definition) is 1. The molecular formula is C16H15ClN4O3S2. The average molecular weight is 411 g/mol. The average Bonchev–Trinajstić information content (AvgIpc) is 3.27. The Labute approximate surface area is 158 Å². The van der Waals surface area contributed by atoms with Gasteiger partial charge >= 0.3 is 0 Å². The molecular weight excluding hydrogens is 396 g/mol. The third kappa shape index (κ3) is 2.50. The summed E-state index contributed by atoms with van der Waals surface area (Å²) in [6.07, 6.45) is 3.77. The molecule has 0 bridgehead atoms. The SMILES string of the molecule is COc1ccc2c(c1)c(CCN)cn2S(=O)(=O)c1c(Cl)nc2sccn12. The highest BCUT2D eigenvalue weighted by Gasteiger charge is 2.29. The van der Waals surface area contributed by atoms with Crippen LogP contribution in [0.4, 0.5) is 0 Å². The topological polar surface area (TPSA) is 91.6 Å². The molecule has 4 aromatic rings. The number of fused-ring (bicyclic) bond motifs is 2. The number of thiazole rings is 1. The van der Waals surface area contributed by atoms with Crippen LogP contribution in [0.1, 0.15) is 5.56 Å². The third-order valence-electron chi connectivity index (χ3n) is 4.16. The first kappa shape index (κ1) is 17.3. The molecule has 3 heterocycles. The normalized spacial score (nSPS) is 12.3. The standard InChI is InChI=1S/C16H15ClN4O3S2/c1-24-11-2-3-13-12(8-11)10(4-5-18)9-21(13)26(22,23)15-14(17)19-16-20(15)6-7-25-16/h2-3,6-9H,4-5,18H2,1H3. The Bertz CT molecular complexity index is 1220. The van der Waals surface area contributed by atoms with E-state index in [9.17, 15) is 8.42 Å². The van der Waals surface area contributed by atoms with Crippen LogP contribution < -0.4 is 10.5 Å². The molecule has 0 saturated carbocycles. The molecule has 0 fully saturated rings. The summed E-state index contributed by atoms with van der Waals surface area (Å²) in [7, 11) is -2.39. The first-order valence-electron chi connectivity index (χ1n) is 7.72. The number of aromatic nitrogens is 3. The molecule has 3 aromatic heterocycles. The van der Waals surface area contributed by atoms with Crippen LogP contribution in [0.15, 0.2) is 41.0 Å². The zero-order valence-corrected chi connectivity index (χ0v) is 16.1. The molecule has 0 unspecified atom stereocenters. The monoisotopic (exact) mass is 410 g/mol. The molecule has 0 aliphatic heterocycles. The van der Waals surface area contributed by atoms with Gasteiger partial charge in [0.1, 0.15) is 5.75 Å². The summed E-state index contributed by atoms with van der Waals surface area (Å²) < 4.78 is 34.7. The van der Waals surface area contributed by atoms with Crippen molar-refractivity contribution in [3.05, 3.63) is 46.7 Å². The van der Waals surface area contributed by atoms with Gasteiger partial charge in [0, 0.05) is 23.2 Å². The molecule has 0 spiro atoms. The molecule has 0 atom stereocenters. The van der Waals surface area contributed by atoms with Crippen LogP contribution in [0.25, 0.3) is 15.9 Å². The molecule has 2 N–H and O–H groups in total. The molecule has 0 radical (unpaired) electrons. The van der Waals surface area contributed by atoms with Crippen molar-refractivity contribution in [1.82, 2.24) is 13.4 Å². The lowest BCUT2D eigenvalue weighted by molar-refractivity contribution is 0.415. The Hall–Kier alpha value is -2.07. The smallest absolute Gasteiger partial charge is 0.287 e. The zero-order chi connectivity index (χ0) is 18.5. The van der Waals surface area contributed by atoms with Crippen LogP contribution in [-0.2, 0) is 16.4 Å². The Morgan fingerprint density at radius 2 is 2.19 bits per heavy atom. The number of halogens is 1. The van der Waals surface area contributed by atoms with E-state index in [1.165, 1.54) is 19.7 Å². The van der Waals surface area contributed by atoms with Gasteiger partial charge in [0.25, 0.3) is 10.0 Å². The van der Waals surface area contributed by atoms with Gasteiger partial charge < -0.3 is 10.5 Å². The highest BCUT2D eigenvalue weighted by Crippen LogP contribution is 2.32. The lowest BCUT2D eigenvalue weighted by atomic mass is 10.1. The summed E-state index contributed by atoms with van der Waals surface area (Å²) in [5.74, 6) is 0.647. The number of methoxy groups -OCH3 is 1. The van der Waals surface area contributed by atoms with Gasteiger partial charge in [0.05, 0.1) is 12.6 Å². The van der Waals surface area contributed by atoms with E-state index in [1.807, 2.05) is 6.07 Å². The molecule has 0 amide bonds. The molecule has 26 heavy (non-hydrogen) atoms. The van der Waals surface area contributed by atoms with Crippen molar-refractivity contribution >= 4 is 48.8 Å². The minimum atomic E-state index is -3.96. The van der Waals surface area contributed by atoms with Gasteiger partial charge in [-0.1, -0.05) is 11.6 Å². The maximum absolute atomic E-state index is 13.4. The van der Waals surface area contributed by atoms with Crippen molar-refractivity contribution in [3.8, 4) is 5.75 Å². The molecule has 0 aliphatic carbocycles. The van der Waals surface area contributed by atoms with E-state index in [0.717, 1.165) is 10.9 Å². The van der Waals surface area contributed by atoms with E-state index in [1.54, 1.807) is 37.0 Å². The largest absolute Gasteiger partial charge is 0.497 e. The summed E-state index contributed by atoms with van der Waals surface area (Å²) in [4.78, 5) is 4.65. The molecule has 10 heteroatoms. The van der Waals surface area contributed by atoms with Crippen LogP contribution in [0, 0.1) is 0 Å². The fourth-order valence-corrected chi connectivity index (χ4v) is 5.80. The van der Waals surface area contributed by atoms with Gasteiger partial charge in [0.15, 0.2) is 10.1 Å². The van der Waals surface area contributed by atoms with Crippen LogP contribution >= 0.6 is 22.9 Å². The fraction of sp³-hybridized carbons (Fsp3) is 0.188. The molecule has 0 saturated heterocycles. The summed E-state index contributed by atoms with van der Waals surface area (Å²) in [5.41, 5.74) is 7.06. The maximum Gasteiger partial charge on any atom is 0.287 e. The Morgan fingerprint density at radius 1 is 1.38 bits per heavy atom. The summed E-state index contributed by atoms with van der Waals surface area (Å²) >= 11 is 7.47. The number of ether oxygens (including phenoxy) is 1. The molecule has 0 aliphatic rings. The van der Waals surface area contributed by atoms with Crippen LogP contribution in [-0.4, -0.2) is 35.4 Å². The van der Waals surface area contributed by atoms with Gasteiger partial charge in [-0.15, -0.1) is 11.3 Å². The number of imidazole rings is 1. The fourth-order valence-electron chi connectivity index (χ4n) is 2.99. The maximum atomic E-state index is 13.4.